The van der Waals surface area contributed by atoms with Gasteiger partial charge in [0.1, 0.15) is 0 Å². The van der Waals surface area contributed by atoms with Crippen LogP contribution < -0.4 is 14.3 Å². The number of likely N-dealkylation sites (N-methyl/N-ethyl adjacent to an activating group) is 1. The number of halogens is 2. The Hall–Kier alpha value is -1.01. The molecular weight excluding hydrogens is 462 g/mol. The van der Waals surface area contributed by atoms with Crippen LogP contribution in [0.1, 0.15) is 12.8 Å². The van der Waals surface area contributed by atoms with Gasteiger partial charge < -0.3 is 10.2 Å². The van der Waals surface area contributed by atoms with E-state index in [0.29, 0.717) is 28.7 Å². The van der Waals surface area contributed by atoms with Crippen LogP contribution in [0.4, 0.5) is 16.2 Å². The average molecular weight is 484 g/mol. The molecule has 1 fully saturated rings. The molecule has 1 aromatic carbocycles. The molecule has 1 atom stereocenters. The van der Waals surface area contributed by atoms with Crippen molar-refractivity contribution in [3.63, 3.8) is 0 Å². The smallest absolute Gasteiger partial charge is 0.307 e. The molecule has 3 rings (SSSR count). The van der Waals surface area contributed by atoms with Gasteiger partial charge in [-0.2, -0.15) is 13.5 Å². The number of hydrogen-bond donors (Lipinski definition) is 2. The Morgan fingerprint density at radius 1 is 1.23 bits per heavy atom. The molecule has 13 heteroatoms. The van der Waals surface area contributed by atoms with E-state index in [1.165, 1.54) is 33.4 Å². The van der Waals surface area contributed by atoms with Crippen LogP contribution in [0.3, 0.4) is 0 Å². The number of amides is 2. The molecule has 1 aromatic heterocycles. The molecule has 2 amide bonds. The number of urea groups is 1. The predicted molar refractivity (Wildman–Crippen MR) is 119 cm³/mol. The topological polar surface area (TPSA) is 99.6 Å². The number of aryl methyl sites for hydroxylation is 1. The molecule has 2 aromatic rings. The number of nitrogens with zero attached hydrogens (tertiary/aromatic N) is 4. The Morgan fingerprint density at radius 3 is 2.47 bits per heavy atom. The van der Waals surface area contributed by atoms with Crippen LogP contribution >= 0.6 is 23.2 Å². The number of carbonyl (C=O) groups is 1. The number of aromatic nitrogens is 2. The summed E-state index contributed by atoms with van der Waals surface area (Å²) >= 11 is 11.8. The number of likely N-dealkylation sites (tertiary alicyclic amines) is 1. The van der Waals surface area contributed by atoms with Gasteiger partial charge in [0.05, 0.1) is 17.9 Å². The fourth-order valence-electron chi connectivity index (χ4n) is 3.35. The van der Waals surface area contributed by atoms with E-state index in [-0.39, 0.29) is 41.3 Å². The number of anilines is 2. The van der Waals surface area contributed by atoms with E-state index in [4.69, 9.17) is 23.2 Å². The van der Waals surface area contributed by atoms with Crippen LogP contribution in [0.5, 0.6) is 0 Å². The fraction of sp³-hybridized carbons (Fsp3) is 0.412. The minimum Gasteiger partial charge on any atom is -0.307 e. The van der Waals surface area contributed by atoms with Gasteiger partial charge in [-0.05, 0) is 44.6 Å². The Balaban J connectivity index is 0.00000320. The van der Waals surface area contributed by atoms with Crippen molar-refractivity contribution < 1.29 is 13.2 Å². The maximum atomic E-state index is 13.1. The number of nitrogens with one attached hydrogen (secondary N) is 2. The van der Waals surface area contributed by atoms with Crippen LogP contribution in [0.2, 0.25) is 10.0 Å². The van der Waals surface area contributed by atoms with Gasteiger partial charge in [-0.25, -0.2) is 13.8 Å². The van der Waals surface area contributed by atoms with Gasteiger partial charge in [-0.3, -0.25) is 4.68 Å². The number of benzene rings is 1. The SMILES string of the molecule is CN1CCCC(N(c2cnn(C)c2)S(=O)(=O)NC(=O)Nc2cc(Cl)cc(Cl)c2)C1.[Na]. The van der Waals surface area contributed by atoms with Gasteiger partial charge in [0.2, 0.25) is 0 Å². The zero-order valence-electron chi connectivity index (χ0n) is 17.0. The summed E-state index contributed by atoms with van der Waals surface area (Å²) < 4.78 is 31.1. The molecule has 0 spiro atoms. The summed E-state index contributed by atoms with van der Waals surface area (Å²) in [6.45, 7) is 1.43. The monoisotopic (exact) mass is 483 g/mol. The van der Waals surface area contributed by atoms with Gasteiger partial charge in [0, 0.05) is 65.1 Å². The minimum absolute atomic E-state index is 0. The third-order valence-electron chi connectivity index (χ3n) is 4.48. The fourth-order valence-corrected chi connectivity index (χ4v) is 5.19. The third-order valence-corrected chi connectivity index (χ3v) is 6.38. The second-order valence-electron chi connectivity index (χ2n) is 6.95. The van der Waals surface area contributed by atoms with Crippen molar-refractivity contribution in [2.45, 2.75) is 18.9 Å². The molecule has 1 radical (unpaired) electrons. The molecule has 1 saturated heterocycles. The van der Waals surface area contributed by atoms with E-state index in [1.807, 2.05) is 7.05 Å². The molecule has 2 N–H and O–H groups in total. The van der Waals surface area contributed by atoms with Gasteiger partial charge in [-0.1, -0.05) is 23.2 Å². The first kappa shape index (κ1) is 25.3. The largest absolute Gasteiger partial charge is 0.334 e. The van der Waals surface area contributed by atoms with Crippen molar-refractivity contribution in [3.05, 3.63) is 40.6 Å². The summed E-state index contributed by atoms with van der Waals surface area (Å²) in [4.78, 5) is 14.4. The molecule has 0 bridgehead atoms. The summed E-state index contributed by atoms with van der Waals surface area (Å²) in [6.07, 6.45) is 4.58. The number of rotatable bonds is 5. The van der Waals surface area contributed by atoms with Crippen molar-refractivity contribution in [3.8, 4) is 0 Å². The Bertz CT molecular complexity index is 983. The van der Waals surface area contributed by atoms with Crippen LogP contribution in [0.25, 0.3) is 0 Å². The quantitative estimate of drug-likeness (QED) is 0.635. The zero-order chi connectivity index (χ0) is 21.2. The van der Waals surface area contributed by atoms with Crippen molar-refractivity contribution in [2.24, 2.45) is 7.05 Å². The summed E-state index contributed by atoms with van der Waals surface area (Å²) in [6, 6.07) is 3.20. The minimum atomic E-state index is -4.20. The van der Waals surface area contributed by atoms with Gasteiger partial charge in [0.25, 0.3) is 0 Å². The number of piperidine rings is 1. The van der Waals surface area contributed by atoms with E-state index in [0.717, 1.165) is 13.0 Å². The third kappa shape index (κ3) is 6.49. The summed E-state index contributed by atoms with van der Waals surface area (Å²) in [7, 11) is -0.567. The standard InChI is InChI=1S/C17H22Cl2N6O3S.Na/c1-23-5-3-4-15(10-23)25(16-9-20-24(2)11-16)29(27,28)22-17(26)21-14-7-12(18)6-13(19)8-14;/h6-9,11,15H,3-5,10H2,1-2H3,(H2,21,22,26);. The molecule has 1 aliphatic heterocycles. The molecule has 159 valence electrons. The molecule has 0 saturated carbocycles. The summed E-state index contributed by atoms with van der Waals surface area (Å²) in [5.41, 5.74) is 0.666. The van der Waals surface area contributed by atoms with E-state index >= 15 is 0 Å². The maximum absolute atomic E-state index is 13.1. The van der Waals surface area contributed by atoms with E-state index in [1.54, 1.807) is 13.2 Å². The van der Waals surface area contributed by atoms with E-state index in [2.05, 4.69) is 20.0 Å². The molecular formula is C17H22Cl2N6NaO3S. The Morgan fingerprint density at radius 2 is 1.90 bits per heavy atom. The second kappa shape index (κ2) is 10.5. The van der Waals surface area contributed by atoms with Gasteiger partial charge in [0.15, 0.2) is 0 Å². The first-order valence-corrected chi connectivity index (χ1v) is 11.1. The van der Waals surface area contributed by atoms with Crippen molar-refractivity contribution in [1.82, 2.24) is 19.4 Å². The maximum Gasteiger partial charge on any atom is 0.334 e. The Labute approximate surface area is 208 Å². The van der Waals surface area contributed by atoms with Crippen molar-refractivity contribution >= 4 is 80.4 Å². The number of carbonyl (C=O) groups excluding carboxylic acids is 1. The molecule has 9 nitrogen and oxygen atoms in total. The molecule has 1 unspecified atom stereocenters. The van der Waals surface area contributed by atoms with Crippen LogP contribution in [-0.4, -0.2) is 84.9 Å². The van der Waals surface area contributed by atoms with E-state index in [9.17, 15) is 13.2 Å². The second-order valence-corrected chi connectivity index (χ2v) is 9.37. The summed E-state index contributed by atoms with van der Waals surface area (Å²) in [5.74, 6) is 0. The van der Waals surface area contributed by atoms with Crippen molar-refractivity contribution in [2.75, 3.05) is 29.8 Å². The normalized spacial score (nSPS) is 17.1. The average Bonchev–Trinajstić information content (AvgIpc) is 2.98. The molecule has 30 heavy (non-hydrogen) atoms. The first-order chi connectivity index (χ1) is 13.6. The van der Waals surface area contributed by atoms with Crippen LogP contribution in [-0.2, 0) is 17.3 Å². The zero-order valence-corrected chi connectivity index (χ0v) is 21.3. The van der Waals surface area contributed by atoms with Gasteiger partial charge >= 0.3 is 16.2 Å². The predicted octanol–water partition coefficient (Wildman–Crippen LogP) is 2.31. The molecule has 0 aliphatic carbocycles. The first-order valence-electron chi connectivity index (χ1n) is 8.90. The van der Waals surface area contributed by atoms with Crippen molar-refractivity contribution in [1.29, 1.82) is 0 Å². The molecule has 1 aliphatic rings. The molecule has 2 heterocycles. The Kier molecular flexibility index (Phi) is 8.87. The van der Waals surface area contributed by atoms with Crippen LogP contribution in [0, 0.1) is 0 Å². The number of hydrogen-bond acceptors (Lipinski definition) is 5. The van der Waals surface area contributed by atoms with Gasteiger partial charge in [-0.15, -0.1) is 0 Å². The summed E-state index contributed by atoms with van der Waals surface area (Å²) in [5, 5.41) is 7.15. The van der Waals surface area contributed by atoms with E-state index < -0.39 is 16.2 Å². The van der Waals surface area contributed by atoms with Crippen LogP contribution in [0.15, 0.2) is 30.6 Å².